The van der Waals surface area contributed by atoms with E-state index in [2.05, 4.69) is 54.4 Å². The van der Waals surface area contributed by atoms with Gasteiger partial charge >= 0.3 is 0 Å². The van der Waals surface area contributed by atoms with E-state index in [-0.39, 0.29) is 0 Å². The van der Waals surface area contributed by atoms with Crippen LogP contribution in [-0.2, 0) is 0 Å². The molecule has 1 heterocycles. The van der Waals surface area contributed by atoms with Gasteiger partial charge in [-0.15, -0.1) is 0 Å². The maximum Gasteiger partial charge on any atom is 0.0450 e. The second-order valence-electron chi connectivity index (χ2n) is 6.27. The summed E-state index contributed by atoms with van der Waals surface area (Å²) in [4.78, 5) is 2.76. The zero-order chi connectivity index (χ0) is 13.2. The van der Waals surface area contributed by atoms with Crippen LogP contribution in [0, 0.1) is 5.92 Å². The van der Waals surface area contributed by atoms with Gasteiger partial charge < -0.3 is 5.32 Å². The minimum absolute atomic E-state index is 0.514. The first-order chi connectivity index (χ1) is 9.29. The van der Waals surface area contributed by atoms with E-state index in [9.17, 15) is 0 Å². The minimum Gasteiger partial charge on any atom is -0.307 e. The molecule has 0 aromatic heterocycles. The maximum absolute atomic E-state index is 3.70. The molecule has 2 nitrogen and oxygen atoms in total. The molecule has 1 saturated carbocycles. The van der Waals surface area contributed by atoms with Gasteiger partial charge in [-0.25, -0.2) is 0 Å². The molecule has 0 amide bonds. The predicted molar refractivity (Wildman–Crippen MR) is 80.2 cm³/mol. The molecule has 2 aliphatic rings. The van der Waals surface area contributed by atoms with Crippen molar-refractivity contribution in [2.24, 2.45) is 5.92 Å². The zero-order valence-corrected chi connectivity index (χ0v) is 12.2. The molecule has 1 aromatic rings. The van der Waals surface area contributed by atoms with Crippen LogP contribution < -0.4 is 5.32 Å². The summed E-state index contributed by atoms with van der Waals surface area (Å²) in [6.45, 7) is 6.98. The van der Waals surface area contributed by atoms with Crippen LogP contribution in [0.25, 0.3) is 0 Å². The van der Waals surface area contributed by atoms with E-state index >= 15 is 0 Å². The summed E-state index contributed by atoms with van der Waals surface area (Å²) in [5.41, 5.74) is 1.44. The third-order valence-electron chi connectivity index (χ3n) is 4.79. The maximum atomic E-state index is 3.70. The predicted octanol–water partition coefficient (Wildman–Crippen LogP) is 3.21. The Kier molecular flexibility index (Phi) is 3.90. The molecule has 2 fully saturated rings. The first kappa shape index (κ1) is 13.1. The summed E-state index contributed by atoms with van der Waals surface area (Å²) in [5, 5.41) is 3.70. The van der Waals surface area contributed by atoms with Crippen LogP contribution in [-0.4, -0.2) is 30.1 Å². The Morgan fingerprint density at radius 3 is 2.79 bits per heavy atom. The average molecular weight is 258 g/mol. The second-order valence-corrected chi connectivity index (χ2v) is 6.27. The van der Waals surface area contributed by atoms with Gasteiger partial charge in [0.1, 0.15) is 0 Å². The lowest BCUT2D eigenvalue weighted by Gasteiger charge is -2.39. The number of hydrogen-bond donors (Lipinski definition) is 1. The van der Waals surface area contributed by atoms with Crippen molar-refractivity contribution in [1.82, 2.24) is 10.2 Å². The van der Waals surface area contributed by atoms with E-state index in [0.717, 1.165) is 18.5 Å². The summed E-state index contributed by atoms with van der Waals surface area (Å²) in [6, 6.07) is 13.0. The van der Waals surface area contributed by atoms with Crippen molar-refractivity contribution in [3.05, 3.63) is 35.9 Å². The first-order valence-electron chi connectivity index (χ1n) is 7.83. The second kappa shape index (κ2) is 5.64. The molecule has 1 aliphatic carbocycles. The van der Waals surface area contributed by atoms with Crippen molar-refractivity contribution in [3.8, 4) is 0 Å². The molecule has 1 N–H and O–H groups in total. The van der Waals surface area contributed by atoms with E-state index in [4.69, 9.17) is 0 Å². The fourth-order valence-electron chi connectivity index (χ4n) is 3.58. The molecule has 19 heavy (non-hydrogen) atoms. The Hall–Kier alpha value is -0.860. The van der Waals surface area contributed by atoms with Gasteiger partial charge in [-0.05, 0) is 31.2 Å². The summed E-state index contributed by atoms with van der Waals surface area (Å²) in [7, 11) is 0. The van der Waals surface area contributed by atoms with Gasteiger partial charge in [-0.1, -0.05) is 43.7 Å². The Morgan fingerprint density at radius 2 is 2.05 bits per heavy atom. The van der Waals surface area contributed by atoms with Gasteiger partial charge in [0.05, 0.1) is 0 Å². The minimum atomic E-state index is 0.514. The van der Waals surface area contributed by atoms with Crippen molar-refractivity contribution in [2.75, 3.05) is 13.1 Å². The molecule has 0 radical (unpaired) electrons. The molecule has 2 heteroatoms. The van der Waals surface area contributed by atoms with Gasteiger partial charge in [0.2, 0.25) is 0 Å². The third kappa shape index (κ3) is 2.85. The van der Waals surface area contributed by atoms with E-state index < -0.39 is 0 Å². The molecule has 0 spiro atoms. The molecular formula is C17H26N2. The summed E-state index contributed by atoms with van der Waals surface area (Å²) in [5.74, 6) is 0.974. The average Bonchev–Trinajstić information content (AvgIpc) is 3.20. The third-order valence-corrected chi connectivity index (χ3v) is 4.79. The van der Waals surface area contributed by atoms with Crippen molar-refractivity contribution in [2.45, 2.75) is 51.2 Å². The lowest BCUT2D eigenvalue weighted by Crippen LogP contribution is -2.52. The highest BCUT2D eigenvalue weighted by Crippen LogP contribution is 2.41. The van der Waals surface area contributed by atoms with Gasteiger partial charge in [-0.2, -0.15) is 0 Å². The highest BCUT2D eigenvalue weighted by molar-refractivity contribution is 5.20. The van der Waals surface area contributed by atoms with E-state index in [1.807, 2.05) is 0 Å². The van der Waals surface area contributed by atoms with Gasteiger partial charge in [0, 0.05) is 31.2 Å². The monoisotopic (exact) mass is 258 g/mol. The summed E-state index contributed by atoms with van der Waals surface area (Å²) >= 11 is 0. The van der Waals surface area contributed by atoms with Gasteiger partial charge in [0.15, 0.2) is 0 Å². The number of nitrogens with one attached hydrogen (secondary N) is 1. The van der Waals surface area contributed by atoms with Crippen molar-refractivity contribution < 1.29 is 0 Å². The van der Waals surface area contributed by atoms with Crippen LogP contribution in [0.3, 0.4) is 0 Å². The van der Waals surface area contributed by atoms with Crippen LogP contribution >= 0.6 is 0 Å². The van der Waals surface area contributed by atoms with Crippen LogP contribution in [0.5, 0.6) is 0 Å². The standard InChI is InChI=1S/C17H26N2/c1-3-7-15-10-17(15)19-12-16(18-11-13(19)2)14-8-5-4-6-9-14/h4-6,8-9,13,15-18H,3,7,10-12H2,1-2H3. The van der Waals surface area contributed by atoms with Crippen LogP contribution in [0.15, 0.2) is 30.3 Å². The molecule has 3 rings (SSSR count). The van der Waals surface area contributed by atoms with Crippen LogP contribution in [0.1, 0.15) is 44.7 Å². The van der Waals surface area contributed by atoms with Gasteiger partial charge in [0.25, 0.3) is 0 Å². The Bertz CT molecular complexity index is 403. The fourth-order valence-corrected chi connectivity index (χ4v) is 3.58. The molecule has 4 atom stereocenters. The number of hydrogen-bond acceptors (Lipinski definition) is 2. The largest absolute Gasteiger partial charge is 0.307 e. The number of benzene rings is 1. The lowest BCUT2D eigenvalue weighted by molar-refractivity contribution is 0.125. The van der Waals surface area contributed by atoms with E-state index in [0.29, 0.717) is 12.1 Å². The highest BCUT2D eigenvalue weighted by atomic mass is 15.3. The molecule has 0 bridgehead atoms. The molecule has 4 unspecified atom stereocenters. The first-order valence-corrected chi connectivity index (χ1v) is 7.83. The van der Waals surface area contributed by atoms with Crippen LogP contribution in [0.2, 0.25) is 0 Å². The Morgan fingerprint density at radius 1 is 1.26 bits per heavy atom. The number of nitrogens with zero attached hydrogens (tertiary/aromatic N) is 1. The lowest BCUT2D eigenvalue weighted by atomic mass is 10.0. The smallest absolute Gasteiger partial charge is 0.0450 e. The van der Waals surface area contributed by atoms with Crippen molar-refractivity contribution in [3.63, 3.8) is 0 Å². The Balaban J connectivity index is 1.65. The number of piperazine rings is 1. The van der Waals surface area contributed by atoms with Gasteiger partial charge in [-0.3, -0.25) is 4.90 Å². The quantitative estimate of drug-likeness (QED) is 0.892. The molecule has 104 valence electrons. The summed E-state index contributed by atoms with van der Waals surface area (Å²) < 4.78 is 0. The highest BCUT2D eigenvalue weighted by Gasteiger charge is 2.44. The normalized spacial score (nSPS) is 35.3. The molecule has 1 aliphatic heterocycles. The fraction of sp³-hybridized carbons (Fsp3) is 0.647. The van der Waals surface area contributed by atoms with Crippen molar-refractivity contribution in [1.29, 1.82) is 0 Å². The van der Waals surface area contributed by atoms with E-state index in [1.165, 1.54) is 31.4 Å². The van der Waals surface area contributed by atoms with Crippen LogP contribution in [0.4, 0.5) is 0 Å². The zero-order valence-electron chi connectivity index (χ0n) is 12.2. The molecule has 1 aromatic carbocycles. The molecular weight excluding hydrogens is 232 g/mol. The Labute approximate surface area is 117 Å². The van der Waals surface area contributed by atoms with E-state index in [1.54, 1.807) is 0 Å². The van der Waals surface area contributed by atoms with Crippen molar-refractivity contribution >= 4 is 0 Å². The number of rotatable bonds is 4. The SMILES string of the molecule is CCCC1CC1N1CC(c2ccccc2)NCC1C. The topological polar surface area (TPSA) is 15.3 Å². The molecule has 1 saturated heterocycles. The summed E-state index contributed by atoms with van der Waals surface area (Å²) in [6.07, 6.45) is 4.18.